The van der Waals surface area contributed by atoms with Gasteiger partial charge in [0, 0.05) is 5.33 Å². The van der Waals surface area contributed by atoms with Crippen molar-refractivity contribution in [3.05, 3.63) is 25.3 Å². The Morgan fingerprint density at radius 3 is 0.938 bits per heavy atom. The predicted octanol–water partition coefficient (Wildman–Crippen LogP) is 10.3. The van der Waals surface area contributed by atoms with E-state index >= 15 is 0 Å². The zero-order chi connectivity index (χ0) is 39.1. The standard InChI is InChI=1S/C10H8F12O.C7H4F12O.C3H5Br.CH4/c1-2-3-23-4-6(12,8(14,15)16)5(11)7(13,9(17,18)19)10(20,21)22;8-2(3(9,1-20)5(11,12)13)4(10,6(14,15)16)7(17,18)19;1-2-3-4;/h2,5H,1,3-4H2;2,20H,1H2;2H,1,3H2;1H4. The summed E-state index contributed by atoms with van der Waals surface area (Å²) in [7, 11) is 0. The molecule has 0 aliphatic rings. The highest BCUT2D eigenvalue weighted by Crippen LogP contribution is 2.56. The highest BCUT2D eigenvalue weighted by atomic mass is 79.9. The van der Waals surface area contributed by atoms with Crippen molar-refractivity contribution in [2.24, 2.45) is 0 Å². The maximum absolute atomic E-state index is 13.7. The topological polar surface area (TPSA) is 29.5 Å². The first-order chi connectivity index (χ1) is 20.3. The molecule has 0 heterocycles. The molecule has 1 N–H and O–H groups in total. The minimum absolute atomic E-state index is 0. The Balaban J connectivity index is -0.000000358. The van der Waals surface area contributed by atoms with Gasteiger partial charge in [0.1, 0.15) is 0 Å². The van der Waals surface area contributed by atoms with Crippen LogP contribution in [-0.4, -0.2) is 102 Å². The van der Waals surface area contributed by atoms with Gasteiger partial charge in [-0.2, -0.15) is 79.0 Å². The predicted molar refractivity (Wildman–Crippen MR) is 120 cm³/mol. The minimum atomic E-state index is -7.23. The zero-order valence-electron chi connectivity index (χ0n) is 21.9. The van der Waals surface area contributed by atoms with Crippen LogP contribution in [0.5, 0.6) is 0 Å². The largest absolute Gasteiger partial charge is 0.434 e. The van der Waals surface area contributed by atoms with Crippen molar-refractivity contribution in [2.45, 2.75) is 79.5 Å². The third kappa shape index (κ3) is 11.1. The summed E-state index contributed by atoms with van der Waals surface area (Å²) in [6.45, 7) is -0.485. The summed E-state index contributed by atoms with van der Waals surface area (Å²) in [5.41, 5.74) is -26.2. The maximum Gasteiger partial charge on any atom is 0.434 e. The molecule has 292 valence electrons. The van der Waals surface area contributed by atoms with Crippen molar-refractivity contribution in [1.29, 1.82) is 0 Å². The molecule has 0 aliphatic heterocycles. The van der Waals surface area contributed by atoms with Gasteiger partial charge in [-0.25, -0.2) is 26.3 Å². The van der Waals surface area contributed by atoms with Crippen molar-refractivity contribution >= 4 is 15.9 Å². The molecule has 27 heteroatoms. The van der Waals surface area contributed by atoms with Gasteiger partial charge >= 0.3 is 48.4 Å². The number of aliphatic hydroxyl groups is 1. The van der Waals surface area contributed by atoms with Crippen LogP contribution >= 0.6 is 15.9 Å². The van der Waals surface area contributed by atoms with Gasteiger partial charge in [0.15, 0.2) is 12.3 Å². The van der Waals surface area contributed by atoms with Gasteiger partial charge in [0.25, 0.3) is 11.3 Å². The summed E-state index contributed by atoms with van der Waals surface area (Å²) in [4.78, 5) is 0. The molecule has 0 spiro atoms. The number of rotatable bonds is 10. The molecular weight excluding hydrogens is 820 g/mol. The minimum Gasteiger partial charge on any atom is -0.393 e. The van der Waals surface area contributed by atoms with E-state index < -0.39 is 91.9 Å². The first kappa shape index (κ1) is 53.0. The molecular formula is C21H21BrF24O2. The van der Waals surface area contributed by atoms with Crippen molar-refractivity contribution in [2.75, 3.05) is 25.2 Å². The third-order valence-corrected chi connectivity index (χ3v) is 5.44. The lowest BCUT2D eigenvalue weighted by molar-refractivity contribution is -0.385. The molecule has 48 heavy (non-hydrogen) atoms. The zero-order valence-corrected chi connectivity index (χ0v) is 23.4. The van der Waals surface area contributed by atoms with Crippen LogP contribution in [0.25, 0.3) is 0 Å². The molecule has 0 bridgehead atoms. The first-order valence-corrected chi connectivity index (χ1v) is 11.9. The Morgan fingerprint density at radius 2 is 0.771 bits per heavy atom. The monoisotopic (exact) mass is 840 g/mol. The molecule has 0 aromatic heterocycles. The summed E-state index contributed by atoms with van der Waals surface area (Å²) >= 11 is 3.13. The van der Waals surface area contributed by atoms with Crippen LogP contribution in [-0.2, 0) is 4.74 Å². The molecule has 0 radical (unpaired) electrons. The smallest absolute Gasteiger partial charge is 0.393 e. The number of ether oxygens (including phenoxy) is 1. The van der Waals surface area contributed by atoms with Gasteiger partial charge in [0.2, 0.25) is 0 Å². The van der Waals surface area contributed by atoms with Crippen LogP contribution in [0, 0.1) is 0 Å². The molecule has 0 fully saturated rings. The van der Waals surface area contributed by atoms with Crippen LogP contribution in [0.3, 0.4) is 0 Å². The van der Waals surface area contributed by atoms with Crippen molar-refractivity contribution < 1.29 is 115 Å². The first-order valence-electron chi connectivity index (χ1n) is 10.7. The molecule has 4 unspecified atom stereocenters. The van der Waals surface area contributed by atoms with Crippen LogP contribution in [0.4, 0.5) is 105 Å². The van der Waals surface area contributed by atoms with Crippen LogP contribution in [0.2, 0.25) is 0 Å². The fourth-order valence-electron chi connectivity index (χ4n) is 2.43. The average Bonchev–Trinajstić information content (AvgIpc) is 2.87. The van der Waals surface area contributed by atoms with E-state index in [1.807, 2.05) is 0 Å². The molecule has 4 atom stereocenters. The van der Waals surface area contributed by atoms with Crippen molar-refractivity contribution in [3.8, 4) is 0 Å². The second kappa shape index (κ2) is 17.4. The summed E-state index contributed by atoms with van der Waals surface area (Å²) in [6, 6.07) is 0. The van der Waals surface area contributed by atoms with E-state index in [4.69, 9.17) is 5.11 Å². The van der Waals surface area contributed by atoms with Gasteiger partial charge < -0.3 is 9.84 Å². The van der Waals surface area contributed by atoms with Crippen LogP contribution in [0.1, 0.15) is 7.43 Å². The second-order valence-electron chi connectivity index (χ2n) is 8.27. The summed E-state index contributed by atoms with van der Waals surface area (Å²) in [6.07, 6.45) is -51.3. The fourth-order valence-corrected chi connectivity index (χ4v) is 2.43. The van der Waals surface area contributed by atoms with E-state index in [1.54, 1.807) is 6.08 Å². The van der Waals surface area contributed by atoms with Crippen molar-refractivity contribution in [1.82, 2.24) is 0 Å². The molecule has 0 aromatic rings. The number of allylic oxidation sites excluding steroid dienone is 1. The molecule has 0 saturated carbocycles. The van der Waals surface area contributed by atoms with Gasteiger partial charge in [-0.05, 0) is 0 Å². The Kier molecular flexibility index (Phi) is 19.2. The lowest BCUT2D eigenvalue weighted by Crippen LogP contribution is -2.69. The van der Waals surface area contributed by atoms with E-state index in [0.29, 0.717) is 6.08 Å². The number of aliphatic hydroxyl groups excluding tert-OH is 1. The number of halogens is 25. The highest BCUT2D eigenvalue weighted by molar-refractivity contribution is 9.09. The van der Waals surface area contributed by atoms with Crippen LogP contribution < -0.4 is 0 Å². The van der Waals surface area contributed by atoms with E-state index in [1.165, 1.54) is 0 Å². The maximum atomic E-state index is 13.7. The molecule has 0 aliphatic carbocycles. The Bertz CT molecular complexity index is 936. The van der Waals surface area contributed by atoms with Gasteiger partial charge in [0.05, 0.1) is 19.8 Å². The van der Waals surface area contributed by atoms with Crippen LogP contribution in [0.15, 0.2) is 25.3 Å². The highest BCUT2D eigenvalue weighted by Gasteiger charge is 2.85. The van der Waals surface area contributed by atoms with E-state index in [2.05, 4.69) is 33.8 Å². The number of hydrogen-bond acceptors (Lipinski definition) is 2. The SMILES string of the molecule is C.C=CCBr.C=CCOCC(F)(C(F)C(F)(C(F)(F)F)C(F)(F)F)C(F)(F)F.OCC(F)(C(F)C(F)(C(F)(F)F)C(F)(F)F)C(F)(F)F. The lowest BCUT2D eigenvalue weighted by Gasteiger charge is -2.39. The quantitative estimate of drug-likeness (QED) is 0.103. The fraction of sp³-hybridized carbons (Fsp3) is 0.810. The number of alkyl halides is 25. The second-order valence-corrected chi connectivity index (χ2v) is 8.91. The van der Waals surface area contributed by atoms with Gasteiger partial charge in [-0.3, -0.25) is 0 Å². The number of hydrogen-bond donors (Lipinski definition) is 1. The molecule has 2 nitrogen and oxygen atoms in total. The summed E-state index contributed by atoms with van der Waals surface area (Å²) in [5, 5.41) is 8.85. The molecule has 0 aromatic carbocycles. The average molecular weight is 841 g/mol. The Labute approximate surface area is 261 Å². The summed E-state index contributed by atoms with van der Waals surface area (Å²) < 4.78 is 301. The van der Waals surface area contributed by atoms with Gasteiger partial charge in [-0.1, -0.05) is 35.5 Å². The molecule has 0 amide bonds. The Morgan fingerprint density at radius 1 is 0.521 bits per heavy atom. The molecule has 0 rings (SSSR count). The van der Waals surface area contributed by atoms with E-state index in [9.17, 15) is 105 Å². The normalized spacial score (nSPS) is 17.5. The molecule has 0 saturated heterocycles. The van der Waals surface area contributed by atoms with E-state index in [0.717, 1.165) is 5.33 Å². The lowest BCUT2D eigenvalue weighted by atomic mass is 9.85. The third-order valence-electron chi connectivity index (χ3n) is 4.98. The summed E-state index contributed by atoms with van der Waals surface area (Å²) in [5.74, 6) is 0. The Hall–Kier alpha value is -1.80. The van der Waals surface area contributed by atoms with Gasteiger partial charge in [-0.15, -0.1) is 13.2 Å². The van der Waals surface area contributed by atoms with E-state index in [-0.39, 0.29) is 7.43 Å². The van der Waals surface area contributed by atoms with Crippen molar-refractivity contribution in [3.63, 3.8) is 0 Å².